The topological polar surface area (TPSA) is 64.8 Å². The van der Waals surface area contributed by atoms with E-state index in [0.717, 1.165) is 29.7 Å². The molecule has 0 spiro atoms. The minimum Gasteiger partial charge on any atom is -0.357 e. The molecule has 6 heteroatoms. The van der Waals surface area contributed by atoms with Crippen molar-refractivity contribution in [1.29, 1.82) is 0 Å². The Hall–Kier alpha value is -1.30. The lowest BCUT2D eigenvalue weighted by atomic mass is 10.1. The number of benzene rings is 1. The maximum Gasteiger partial charge on any atom is 0.132 e. The average Bonchev–Trinajstić information content (AvgIpc) is 2.93. The number of hydrogen-bond acceptors (Lipinski definition) is 4. The van der Waals surface area contributed by atoms with Crippen molar-refractivity contribution in [3.8, 4) is 0 Å². The summed E-state index contributed by atoms with van der Waals surface area (Å²) in [7, 11) is 0. The molecule has 0 aliphatic carbocycles. The van der Waals surface area contributed by atoms with Gasteiger partial charge < -0.3 is 5.32 Å². The number of hydrogen-bond donors (Lipinski definition) is 4. The minimum atomic E-state index is 0. The molecule has 1 aliphatic rings. The van der Waals surface area contributed by atoms with E-state index >= 15 is 0 Å². The summed E-state index contributed by atoms with van der Waals surface area (Å²) >= 11 is 0. The van der Waals surface area contributed by atoms with Gasteiger partial charge in [0.05, 0.1) is 11.7 Å². The molecule has 5 nitrogen and oxygen atoms in total. The monoisotopic (exact) mass is 253 g/mol. The van der Waals surface area contributed by atoms with E-state index in [4.69, 9.17) is 0 Å². The highest BCUT2D eigenvalue weighted by atomic mass is 35.5. The third-order valence-electron chi connectivity index (χ3n) is 3.00. The average molecular weight is 254 g/mol. The molecule has 3 rings (SSSR count). The molecule has 0 radical (unpaired) electrons. The molecule has 1 aromatic heterocycles. The Labute approximate surface area is 106 Å². The van der Waals surface area contributed by atoms with Crippen molar-refractivity contribution in [1.82, 2.24) is 20.8 Å². The Kier molecular flexibility index (Phi) is 3.51. The molecule has 1 aliphatic heterocycles. The molecule has 1 fully saturated rings. The molecule has 2 aromatic rings. The molecule has 2 heterocycles. The Morgan fingerprint density at radius 1 is 1.29 bits per heavy atom. The van der Waals surface area contributed by atoms with Crippen LogP contribution in [0.1, 0.15) is 5.56 Å². The largest absolute Gasteiger partial charge is 0.357 e. The fraction of sp³-hybridized carbons (Fsp3) is 0.364. The molecule has 0 amide bonds. The van der Waals surface area contributed by atoms with Crippen molar-refractivity contribution >= 4 is 29.0 Å². The second-order valence-electron chi connectivity index (χ2n) is 4.06. The van der Waals surface area contributed by atoms with Crippen LogP contribution in [0.2, 0.25) is 0 Å². The molecule has 4 N–H and O–H groups in total. The van der Waals surface area contributed by atoms with Crippen LogP contribution in [0.5, 0.6) is 0 Å². The predicted molar refractivity (Wildman–Crippen MR) is 71.5 cm³/mol. The maximum absolute atomic E-state index is 4.05. The van der Waals surface area contributed by atoms with Gasteiger partial charge in [-0.25, -0.2) is 0 Å². The fourth-order valence-electron chi connectivity index (χ4n) is 2.07. The van der Waals surface area contributed by atoms with Crippen LogP contribution < -0.4 is 16.0 Å². The highest BCUT2D eigenvalue weighted by molar-refractivity contribution is 5.86. The standard InChI is InChI=1S/C11H15N5.ClH/c1-7-9(15-11-12-4-5-13-11)3-2-8-6-14-16-10(7)8;/h2-3,6,11-13,15H,4-5H2,1H3,(H,14,16);1H. The molecule has 1 aromatic carbocycles. The van der Waals surface area contributed by atoms with Gasteiger partial charge in [-0.1, -0.05) is 0 Å². The van der Waals surface area contributed by atoms with Crippen LogP contribution in [0.15, 0.2) is 18.3 Å². The van der Waals surface area contributed by atoms with Crippen molar-refractivity contribution in [2.45, 2.75) is 13.2 Å². The molecule has 0 unspecified atom stereocenters. The summed E-state index contributed by atoms with van der Waals surface area (Å²) in [5, 5.41) is 18.3. The number of nitrogens with one attached hydrogen (secondary N) is 4. The molecule has 0 bridgehead atoms. The normalized spacial score (nSPS) is 16.1. The number of aromatic amines is 1. The number of H-pyrrole nitrogens is 1. The number of halogens is 1. The van der Waals surface area contributed by atoms with Crippen LogP contribution in [0.4, 0.5) is 5.69 Å². The number of nitrogens with zero attached hydrogens (tertiary/aromatic N) is 1. The first-order chi connectivity index (χ1) is 7.84. The van der Waals surface area contributed by atoms with E-state index < -0.39 is 0 Å². The molecule has 17 heavy (non-hydrogen) atoms. The van der Waals surface area contributed by atoms with Crippen molar-refractivity contribution in [3.05, 3.63) is 23.9 Å². The lowest BCUT2D eigenvalue weighted by molar-refractivity contribution is 0.620. The lowest BCUT2D eigenvalue weighted by Crippen LogP contribution is -2.38. The van der Waals surface area contributed by atoms with E-state index in [2.05, 4.69) is 45.2 Å². The van der Waals surface area contributed by atoms with Gasteiger partial charge in [-0.2, -0.15) is 5.10 Å². The minimum absolute atomic E-state index is 0. The summed E-state index contributed by atoms with van der Waals surface area (Å²) in [4.78, 5) is 0. The number of aryl methyl sites for hydroxylation is 1. The van der Waals surface area contributed by atoms with Gasteiger partial charge in [0.1, 0.15) is 6.29 Å². The number of anilines is 1. The van der Waals surface area contributed by atoms with E-state index in [0.29, 0.717) is 0 Å². The third-order valence-corrected chi connectivity index (χ3v) is 3.00. The van der Waals surface area contributed by atoms with Crippen LogP contribution in [0.3, 0.4) is 0 Å². The molecule has 0 atom stereocenters. The quantitative estimate of drug-likeness (QED) is 0.649. The number of aromatic nitrogens is 2. The molecular formula is C11H16ClN5. The van der Waals surface area contributed by atoms with Crippen molar-refractivity contribution in [2.75, 3.05) is 18.4 Å². The van der Waals surface area contributed by atoms with E-state index in [1.807, 2.05) is 6.20 Å². The zero-order valence-electron chi connectivity index (χ0n) is 9.58. The fourth-order valence-corrected chi connectivity index (χ4v) is 2.07. The van der Waals surface area contributed by atoms with E-state index in [9.17, 15) is 0 Å². The summed E-state index contributed by atoms with van der Waals surface area (Å²) in [5.41, 5.74) is 3.43. The summed E-state index contributed by atoms with van der Waals surface area (Å²) < 4.78 is 0. The van der Waals surface area contributed by atoms with E-state index in [1.54, 1.807) is 0 Å². The number of rotatable bonds is 2. The van der Waals surface area contributed by atoms with Gasteiger partial charge in [0.15, 0.2) is 0 Å². The molecular weight excluding hydrogens is 238 g/mol. The molecule has 0 saturated carbocycles. The Morgan fingerprint density at radius 3 is 2.82 bits per heavy atom. The Balaban J connectivity index is 0.00000108. The van der Waals surface area contributed by atoms with Crippen LogP contribution in [-0.4, -0.2) is 29.6 Å². The van der Waals surface area contributed by atoms with Crippen molar-refractivity contribution in [2.24, 2.45) is 0 Å². The highest BCUT2D eigenvalue weighted by Gasteiger charge is 2.14. The zero-order valence-corrected chi connectivity index (χ0v) is 10.4. The van der Waals surface area contributed by atoms with Gasteiger partial charge in [-0.3, -0.25) is 15.7 Å². The Morgan fingerprint density at radius 2 is 2.06 bits per heavy atom. The van der Waals surface area contributed by atoms with E-state index in [1.165, 1.54) is 5.56 Å². The summed E-state index contributed by atoms with van der Waals surface area (Å²) in [6.07, 6.45) is 2.01. The van der Waals surface area contributed by atoms with Gasteiger partial charge in [0.2, 0.25) is 0 Å². The van der Waals surface area contributed by atoms with Crippen LogP contribution in [0.25, 0.3) is 10.9 Å². The first-order valence-corrected chi connectivity index (χ1v) is 5.50. The van der Waals surface area contributed by atoms with Gasteiger partial charge in [0, 0.05) is 24.2 Å². The first-order valence-electron chi connectivity index (χ1n) is 5.50. The van der Waals surface area contributed by atoms with E-state index in [-0.39, 0.29) is 18.7 Å². The lowest BCUT2D eigenvalue weighted by Gasteiger charge is -2.16. The Bertz CT molecular complexity index is 504. The predicted octanol–water partition coefficient (Wildman–Crippen LogP) is 1.18. The molecule has 1 saturated heterocycles. The van der Waals surface area contributed by atoms with Crippen LogP contribution in [-0.2, 0) is 0 Å². The zero-order chi connectivity index (χ0) is 11.0. The summed E-state index contributed by atoms with van der Waals surface area (Å²) in [6.45, 7) is 4.10. The first kappa shape index (κ1) is 12.2. The highest BCUT2D eigenvalue weighted by Crippen LogP contribution is 2.23. The van der Waals surface area contributed by atoms with Gasteiger partial charge in [-0.15, -0.1) is 12.4 Å². The third kappa shape index (κ3) is 2.22. The summed E-state index contributed by atoms with van der Waals surface area (Å²) in [5.74, 6) is 0. The van der Waals surface area contributed by atoms with Crippen LogP contribution >= 0.6 is 12.4 Å². The van der Waals surface area contributed by atoms with Crippen LogP contribution in [0, 0.1) is 6.92 Å². The van der Waals surface area contributed by atoms with Gasteiger partial charge in [-0.05, 0) is 24.6 Å². The van der Waals surface area contributed by atoms with Crippen molar-refractivity contribution in [3.63, 3.8) is 0 Å². The van der Waals surface area contributed by atoms with Crippen molar-refractivity contribution < 1.29 is 0 Å². The van der Waals surface area contributed by atoms with Gasteiger partial charge >= 0.3 is 0 Å². The second-order valence-corrected chi connectivity index (χ2v) is 4.06. The second kappa shape index (κ2) is 4.91. The van der Waals surface area contributed by atoms with Gasteiger partial charge in [0.25, 0.3) is 0 Å². The SMILES string of the molecule is Cc1c(NC2NCCN2)ccc2cn[nH]c12.Cl. The summed E-state index contributed by atoms with van der Waals surface area (Å²) in [6, 6.07) is 4.16. The smallest absolute Gasteiger partial charge is 0.132 e. The number of fused-ring (bicyclic) bond motifs is 1. The maximum atomic E-state index is 4.05. The molecule has 92 valence electrons.